The van der Waals surface area contributed by atoms with Gasteiger partial charge in [0.15, 0.2) is 11.6 Å². The predicted octanol–water partition coefficient (Wildman–Crippen LogP) is 4.75. The summed E-state index contributed by atoms with van der Waals surface area (Å²) >= 11 is 0. The Bertz CT molecular complexity index is 978. The first-order chi connectivity index (χ1) is 13.7. The van der Waals surface area contributed by atoms with Crippen LogP contribution in [-0.4, -0.2) is 24.1 Å². The van der Waals surface area contributed by atoms with E-state index in [1.54, 1.807) is 6.07 Å². The van der Waals surface area contributed by atoms with Gasteiger partial charge in [-0.25, -0.2) is 4.39 Å². The summed E-state index contributed by atoms with van der Waals surface area (Å²) in [5.41, 5.74) is 1.48. The molecule has 0 N–H and O–H groups in total. The molecule has 28 heavy (non-hydrogen) atoms. The molecule has 0 amide bonds. The van der Waals surface area contributed by atoms with Crippen LogP contribution in [0.4, 0.5) is 4.39 Å². The summed E-state index contributed by atoms with van der Waals surface area (Å²) in [6, 6.07) is 23.9. The molecule has 0 bridgehead atoms. The number of halogens is 1. The fraction of sp³-hybridized carbons (Fsp3) is 0.174. The van der Waals surface area contributed by atoms with Crippen LogP contribution in [0, 0.1) is 17.1 Å². The fourth-order valence-electron chi connectivity index (χ4n) is 3.12. The highest BCUT2D eigenvalue weighted by atomic mass is 19.1. The van der Waals surface area contributed by atoms with Gasteiger partial charge in [0.05, 0.1) is 11.6 Å². The Kier molecular flexibility index (Phi) is 5.22. The van der Waals surface area contributed by atoms with E-state index in [1.807, 2.05) is 60.7 Å². The molecule has 1 aliphatic heterocycles. The number of benzene rings is 3. The second kappa shape index (κ2) is 8.12. The quantitative estimate of drug-likeness (QED) is 0.624. The largest absolute Gasteiger partial charge is 0.485 e. The van der Waals surface area contributed by atoms with Crippen LogP contribution in [0.5, 0.6) is 17.2 Å². The molecule has 0 aliphatic carbocycles. The van der Waals surface area contributed by atoms with E-state index in [2.05, 4.69) is 4.90 Å². The van der Waals surface area contributed by atoms with Gasteiger partial charge in [0, 0.05) is 19.6 Å². The van der Waals surface area contributed by atoms with Gasteiger partial charge < -0.3 is 9.47 Å². The lowest BCUT2D eigenvalue weighted by atomic mass is 10.1. The van der Waals surface area contributed by atoms with E-state index < -0.39 is 5.82 Å². The van der Waals surface area contributed by atoms with Crippen molar-refractivity contribution < 1.29 is 13.9 Å². The molecule has 4 nitrogen and oxygen atoms in total. The molecule has 0 saturated carbocycles. The first-order valence-corrected chi connectivity index (χ1v) is 9.10. The van der Waals surface area contributed by atoms with Crippen LogP contribution in [0.1, 0.15) is 11.1 Å². The summed E-state index contributed by atoms with van der Waals surface area (Å²) in [6.07, 6.45) is -0.0388. The summed E-state index contributed by atoms with van der Waals surface area (Å²) < 4.78 is 25.4. The molecule has 4 rings (SSSR count). The molecule has 140 valence electrons. The number of hydrogen-bond acceptors (Lipinski definition) is 4. The van der Waals surface area contributed by atoms with Crippen LogP contribution in [0.3, 0.4) is 0 Å². The Morgan fingerprint density at radius 2 is 1.68 bits per heavy atom. The number of rotatable bonds is 6. The highest BCUT2D eigenvalue weighted by Crippen LogP contribution is 2.25. The first-order valence-electron chi connectivity index (χ1n) is 9.10. The Morgan fingerprint density at radius 3 is 2.36 bits per heavy atom. The summed E-state index contributed by atoms with van der Waals surface area (Å²) in [5.74, 6) is 1.32. The number of ether oxygens (including phenoxy) is 2. The molecule has 0 radical (unpaired) electrons. The lowest BCUT2D eigenvalue weighted by molar-refractivity contribution is 0.0123. The number of para-hydroxylation sites is 1. The van der Waals surface area contributed by atoms with E-state index in [4.69, 9.17) is 14.7 Å². The number of nitriles is 1. The molecule has 1 fully saturated rings. The van der Waals surface area contributed by atoms with Crippen molar-refractivity contribution in [1.29, 1.82) is 5.26 Å². The van der Waals surface area contributed by atoms with Crippen molar-refractivity contribution >= 4 is 0 Å². The molecule has 5 heteroatoms. The Morgan fingerprint density at radius 1 is 0.964 bits per heavy atom. The van der Waals surface area contributed by atoms with Gasteiger partial charge >= 0.3 is 0 Å². The van der Waals surface area contributed by atoms with Crippen molar-refractivity contribution in [1.82, 2.24) is 4.90 Å². The van der Waals surface area contributed by atoms with Crippen molar-refractivity contribution in [2.24, 2.45) is 0 Å². The molecule has 0 unspecified atom stereocenters. The van der Waals surface area contributed by atoms with E-state index in [0.717, 1.165) is 31.1 Å². The zero-order valence-electron chi connectivity index (χ0n) is 15.2. The zero-order valence-corrected chi connectivity index (χ0v) is 15.2. The topological polar surface area (TPSA) is 45.5 Å². The van der Waals surface area contributed by atoms with Crippen molar-refractivity contribution in [3.8, 4) is 23.3 Å². The minimum Gasteiger partial charge on any atom is -0.485 e. The number of nitrogens with zero attached hydrogens (tertiary/aromatic N) is 2. The van der Waals surface area contributed by atoms with Gasteiger partial charge in [-0.15, -0.1) is 0 Å². The summed E-state index contributed by atoms with van der Waals surface area (Å²) in [5, 5.41) is 8.79. The van der Waals surface area contributed by atoms with E-state index in [-0.39, 0.29) is 11.9 Å². The maximum Gasteiger partial charge on any atom is 0.166 e. The minimum atomic E-state index is -0.494. The molecule has 3 aromatic rings. The second-order valence-corrected chi connectivity index (χ2v) is 6.75. The van der Waals surface area contributed by atoms with Crippen LogP contribution in [0.15, 0.2) is 72.8 Å². The van der Waals surface area contributed by atoms with Gasteiger partial charge in [-0.3, -0.25) is 4.90 Å². The van der Waals surface area contributed by atoms with E-state index in [1.165, 1.54) is 17.7 Å². The standard InChI is InChI=1S/C23H19FN2O2/c24-22-12-18(13-25)8-11-23(22)28-21-15-26(16-21)14-17-6-9-20(10-7-17)27-19-4-2-1-3-5-19/h1-12,21H,14-16H2. The highest BCUT2D eigenvalue weighted by molar-refractivity contribution is 5.36. The first kappa shape index (κ1) is 18.0. The van der Waals surface area contributed by atoms with Crippen molar-refractivity contribution in [2.45, 2.75) is 12.6 Å². The smallest absolute Gasteiger partial charge is 0.166 e. The minimum absolute atomic E-state index is 0.0388. The lowest BCUT2D eigenvalue weighted by Gasteiger charge is -2.39. The molecule has 1 aliphatic rings. The molecule has 1 heterocycles. The van der Waals surface area contributed by atoms with Crippen molar-refractivity contribution in [3.05, 3.63) is 89.7 Å². The Labute approximate surface area is 163 Å². The average Bonchev–Trinajstić information content (AvgIpc) is 2.69. The van der Waals surface area contributed by atoms with Gasteiger partial charge in [-0.1, -0.05) is 30.3 Å². The molecule has 3 aromatic carbocycles. The highest BCUT2D eigenvalue weighted by Gasteiger charge is 2.29. The van der Waals surface area contributed by atoms with Crippen molar-refractivity contribution in [2.75, 3.05) is 13.1 Å². The van der Waals surface area contributed by atoms with E-state index in [9.17, 15) is 4.39 Å². The maximum atomic E-state index is 13.9. The third-order valence-electron chi connectivity index (χ3n) is 4.59. The number of likely N-dealkylation sites (tertiary alicyclic amines) is 1. The van der Waals surface area contributed by atoms with Crippen LogP contribution in [0.25, 0.3) is 0 Å². The normalized spacial score (nSPS) is 14.1. The van der Waals surface area contributed by atoms with E-state index >= 15 is 0 Å². The fourth-order valence-corrected chi connectivity index (χ4v) is 3.12. The molecular weight excluding hydrogens is 355 g/mol. The summed E-state index contributed by atoms with van der Waals surface area (Å²) in [4.78, 5) is 2.24. The van der Waals surface area contributed by atoms with Crippen LogP contribution in [0.2, 0.25) is 0 Å². The summed E-state index contributed by atoms with van der Waals surface area (Å²) in [6.45, 7) is 2.28. The van der Waals surface area contributed by atoms with Crippen molar-refractivity contribution in [3.63, 3.8) is 0 Å². The maximum absolute atomic E-state index is 13.9. The van der Waals surface area contributed by atoms with Crippen LogP contribution < -0.4 is 9.47 Å². The molecule has 0 atom stereocenters. The number of hydrogen-bond donors (Lipinski definition) is 0. The second-order valence-electron chi connectivity index (χ2n) is 6.75. The molecule has 1 saturated heterocycles. The monoisotopic (exact) mass is 374 g/mol. The van der Waals surface area contributed by atoms with Crippen LogP contribution >= 0.6 is 0 Å². The Hall–Kier alpha value is -3.36. The molecular formula is C23H19FN2O2. The predicted molar refractivity (Wildman–Crippen MR) is 104 cm³/mol. The third-order valence-corrected chi connectivity index (χ3v) is 4.59. The third kappa shape index (κ3) is 4.30. The van der Waals surface area contributed by atoms with E-state index in [0.29, 0.717) is 5.56 Å². The van der Waals surface area contributed by atoms with Gasteiger partial charge in [-0.2, -0.15) is 5.26 Å². The SMILES string of the molecule is N#Cc1ccc(OC2CN(Cc3ccc(Oc4ccccc4)cc3)C2)c(F)c1. The van der Waals surface area contributed by atoms with Gasteiger partial charge in [-0.05, 0) is 48.0 Å². The lowest BCUT2D eigenvalue weighted by Crippen LogP contribution is -2.53. The molecule has 0 spiro atoms. The van der Waals surface area contributed by atoms with Gasteiger partial charge in [0.25, 0.3) is 0 Å². The zero-order chi connectivity index (χ0) is 19.3. The van der Waals surface area contributed by atoms with Gasteiger partial charge in [0.2, 0.25) is 0 Å². The summed E-state index contributed by atoms with van der Waals surface area (Å²) in [7, 11) is 0. The average molecular weight is 374 g/mol. The molecule has 0 aromatic heterocycles. The Balaban J connectivity index is 1.26. The van der Waals surface area contributed by atoms with Gasteiger partial charge in [0.1, 0.15) is 17.6 Å². The van der Waals surface area contributed by atoms with Crippen LogP contribution in [-0.2, 0) is 6.54 Å².